The zero-order valence-corrected chi connectivity index (χ0v) is 19.0. The summed E-state index contributed by atoms with van der Waals surface area (Å²) in [7, 11) is 0. The van der Waals surface area contributed by atoms with Gasteiger partial charge in [-0.25, -0.2) is 8.78 Å². The summed E-state index contributed by atoms with van der Waals surface area (Å²) in [5, 5.41) is 6.00. The molecule has 37 heavy (non-hydrogen) atoms. The van der Waals surface area contributed by atoms with Gasteiger partial charge in [0.1, 0.15) is 11.6 Å². The normalized spacial score (nSPS) is 14.0. The van der Waals surface area contributed by atoms with Gasteiger partial charge < -0.3 is 19.6 Å². The molecule has 0 spiro atoms. The summed E-state index contributed by atoms with van der Waals surface area (Å²) in [5.41, 5.74) is -1.80. The van der Waals surface area contributed by atoms with E-state index < -0.39 is 53.2 Å². The third kappa shape index (κ3) is 5.93. The monoisotopic (exact) mass is 522 g/mol. The molecule has 0 atom stereocenters. The molecule has 3 amide bonds. The Labute approximate surface area is 206 Å². The molecule has 3 aromatic rings. The molecule has 13 heteroatoms. The van der Waals surface area contributed by atoms with E-state index in [-0.39, 0.29) is 37.6 Å². The maximum absolute atomic E-state index is 13.6. The van der Waals surface area contributed by atoms with Gasteiger partial charge in [-0.05, 0) is 30.3 Å². The summed E-state index contributed by atoms with van der Waals surface area (Å²) >= 11 is 0. The number of nitrogens with one attached hydrogen (secondary N) is 1. The highest BCUT2D eigenvalue weighted by molar-refractivity contribution is 5.97. The third-order valence-corrected chi connectivity index (χ3v) is 5.69. The van der Waals surface area contributed by atoms with Crippen LogP contribution in [0.25, 0.3) is 11.3 Å². The van der Waals surface area contributed by atoms with Crippen molar-refractivity contribution >= 4 is 17.7 Å². The zero-order chi connectivity index (χ0) is 26.7. The van der Waals surface area contributed by atoms with Crippen LogP contribution in [0.3, 0.4) is 0 Å². The summed E-state index contributed by atoms with van der Waals surface area (Å²) in [5.74, 6) is -3.51. The summed E-state index contributed by atoms with van der Waals surface area (Å²) in [6, 6.07) is 8.46. The number of rotatable bonds is 5. The van der Waals surface area contributed by atoms with Crippen molar-refractivity contribution in [3.8, 4) is 11.3 Å². The number of amides is 3. The molecule has 0 unspecified atom stereocenters. The van der Waals surface area contributed by atoms with Crippen LogP contribution in [0.4, 0.5) is 22.0 Å². The highest BCUT2D eigenvalue weighted by Crippen LogP contribution is 2.33. The lowest BCUT2D eigenvalue weighted by atomic mass is 10.0. The molecule has 8 nitrogen and oxygen atoms in total. The topological polar surface area (TPSA) is 95.8 Å². The van der Waals surface area contributed by atoms with Crippen LogP contribution in [0.5, 0.6) is 0 Å². The van der Waals surface area contributed by atoms with Crippen molar-refractivity contribution in [2.45, 2.75) is 6.18 Å². The first-order chi connectivity index (χ1) is 17.5. The number of halogens is 5. The molecule has 0 bridgehead atoms. The number of hydrogen-bond acceptors (Lipinski definition) is 5. The van der Waals surface area contributed by atoms with Gasteiger partial charge in [0.25, 0.3) is 11.8 Å². The Morgan fingerprint density at radius 3 is 2.27 bits per heavy atom. The highest BCUT2D eigenvalue weighted by Gasteiger charge is 2.37. The van der Waals surface area contributed by atoms with E-state index in [1.54, 1.807) is 6.07 Å². The molecule has 0 aliphatic carbocycles. The van der Waals surface area contributed by atoms with Crippen molar-refractivity contribution in [1.29, 1.82) is 0 Å². The zero-order valence-electron chi connectivity index (χ0n) is 19.0. The Bertz CT molecular complexity index is 1330. The maximum Gasteiger partial charge on any atom is 0.417 e. The van der Waals surface area contributed by atoms with Crippen LogP contribution in [0.15, 0.2) is 53.1 Å². The molecular weight excluding hydrogens is 503 g/mol. The molecule has 2 heterocycles. The standard InChI is InChI=1S/C24H19F5N4O4/c25-15-3-1-2-14(10-15)20-12-19(31-37-20)22(35)30-13-21(34)32-6-8-33(9-7-32)23(36)17-11-16(26)4-5-18(17)24(27,28)29/h1-5,10-12H,6-9,13H2,(H,30,35). The summed E-state index contributed by atoms with van der Waals surface area (Å²) in [6.07, 6.45) is -4.84. The van der Waals surface area contributed by atoms with E-state index in [9.17, 15) is 36.3 Å². The van der Waals surface area contributed by atoms with Crippen LogP contribution < -0.4 is 5.32 Å². The number of hydrogen-bond donors (Lipinski definition) is 1. The van der Waals surface area contributed by atoms with Gasteiger partial charge in [0.05, 0.1) is 17.7 Å². The fraction of sp³-hybridized carbons (Fsp3) is 0.250. The van der Waals surface area contributed by atoms with Crippen LogP contribution in [-0.4, -0.2) is 65.4 Å². The Hall–Kier alpha value is -4.29. The molecule has 1 N–H and O–H groups in total. The van der Waals surface area contributed by atoms with Gasteiger partial charge in [-0.3, -0.25) is 14.4 Å². The predicted octanol–water partition coefficient (Wildman–Crippen LogP) is 3.35. The second-order valence-corrected chi connectivity index (χ2v) is 8.13. The van der Waals surface area contributed by atoms with Crippen molar-refractivity contribution in [3.63, 3.8) is 0 Å². The first-order valence-corrected chi connectivity index (χ1v) is 11.0. The first kappa shape index (κ1) is 25.8. The molecule has 1 aliphatic heterocycles. The maximum atomic E-state index is 13.6. The molecule has 4 rings (SSSR count). The Morgan fingerprint density at radius 2 is 1.59 bits per heavy atom. The molecular formula is C24H19F5N4O4. The van der Waals surface area contributed by atoms with Crippen molar-refractivity contribution in [2.24, 2.45) is 0 Å². The molecule has 1 aliphatic rings. The van der Waals surface area contributed by atoms with Crippen LogP contribution >= 0.6 is 0 Å². The number of aromatic nitrogens is 1. The predicted molar refractivity (Wildman–Crippen MR) is 118 cm³/mol. The fourth-order valence-corrected chi connectivity index (χ4v) is 3.79. The average molecular weight is 522 g/mol. The van der Waals surface area contributed by atoms with E-state index in [0.29, 0.717) is 23.8 Å². The van der Waals surface area contributed by atoms with Crippen LogP contribution in [0.1, 0.15) is 26.4 Å². The molecule has 0 saturated carbocycles. The minimum atomic E-state index is -4.84. The Balaban J connectivity index is 1.31. The number of nitrogens with zero attached hydrogens (tertiary/aromatic N) is 3. The average Bonchev–Trinajstić information content (AvgIpc) is 3.36. The van der Waals surface area contributed by atoms with E-state index in [1.165, 1.54) is 29.2 Å². The van der Waals surface area contributed by atoms with Gasteiger partial charge in [0.2, 0.25) is 5.91 Å². The molecule has 1 saturated heterocycles. The second-order valence-electron chi connectivity index (χ2n) is 8.13. The van der Waals surface area contributed by atoms with E-state index >= 15 is 0 Å². The molecule has 194 valence electrons. The largest absolute Gasteiger partial charge is 0.417 e. The van der Waals surface area contributed by atoms with Crippen LogP contribution in [-0.2, 0) is 11.0 Å². The van der Waals surface area contributed by atoms with Crippen molar-refractivity contribution in [1.82, 2.24) is 20.3 Å². The van der Waals surface area contributed by atoms with Gasteiger partial charge >= 0.3 is 6.18 Å². The third-order valence-electron chi connectivity index (χ3n) is 5.69. The summed E-state index contributed by atoms with van der Waals surface area (Å²) < 4.78 is 71.7. The van der Waals surface area contributed by atoms with E-state index in [4.69, 9.17) is 4.52 Å². The van der Waals surface area contributed by atoms with Gasteiger partial charge in [-0.15, -0.1) is 0 Å². The van der Waals surface area contributed by atoms with Crippen molar-refractivity contribution in [3.05, 3.63) is 77.0 Å². The Morgan fingerprint density at radius 1 is 0.919 bits per heavy atom. The lowest BCUT2D eigenvalue weighted by molar-refractivity contribution is -0.138. The molecule has 0 radical (unpaired) electrons. The van der Waals surface area contributed by atoms with Gasteiger partial charge in [0.15, 0.2) is 11.5 Å². The van der Waals surface area contributed by atoms with E-state index in [2.05, 4.69) is 10.5 Å². The number of carbonyl (C=O) groups is 3. The van der Waals surface area contributed by atoms with Gasteiger partial charge in [0, 0.05) is 37.8 Å². The van der Waals surface area contributed by atoms with Crippen LogP contribution in [0.2, 0.25) is 0 Å². The number of benzene rings is 2. The van der Waals surface area contributed by atoms with Gasteiger partial charge in [-0.1, -0.05) is 17.3 Å². The van der Waals surface area contributed by atoms with Crippen LogP contribution in [0, 0.1) is 11.6 Å². The van der Waals surface area contributed by atoms with Gasteiger partial charge in [-0.2, -0.15) is 13.2 Å². The highest BCUT2D eigenvalue weighted by atomic mass is 19.4. The van der Waals surface area contributed by atoms with E-state index in [0.717, 1.165) is 4.90 Å². The molecule has 1 fully saturated rings. The first-order valence-electron chi connectivity index (χ1n) is 11.0. The second kappa shape index (κ2) is 10.4. The number of carbonyl (C=O) groups excluding carboxylic acids is 3. The number of piperazine rings is 1. The fourth-order valence-electron chi connectivity index (χ4n) is 3.79. The molecule has 2 aromatic carbocycles. The van der Waals surface area contributed by atoms with Crippen molar-refractivity contribution < 1.29 is 40.9 Å². The summed E-state index contributed by atoms with van der Waals surface area (Å²) in [4.78, 5) is 39.9. The molecule has 1 aromatic heterocycles. The minimum Gasteiger partial charge on any atom is -0.355 e. The van der Waals surface area contributed by atoms with Crippen molar-refractivity contribution in [2.75, 3.05) is 32.7 Å². The SMILES string of the molecule is O=C(NCC(=O)N1CCN(C(=O)c2cc(F)ccc2C(F)(F)F)CC1)c1cc(-c2cccc(F)c2)on1. The smallest absolute Gasteiger partial charge is 0.355 e. The van der Waals surface area contributed by atoms with E-state index in [1.807, 2.05) is 0 Å². The lowest BCUT2D eigenvalue weighted by Gasteiger charge is -2.35. The lowest BCUT2D eigenvalue weighted by Crippen LogP contribution is -2.52. The Kier molecular flexibility index (Phi) is 7.23. The number of alkyl halides is 3. The minimum absolute atomic E-state index is 0.00475. The summed E-state index contributed by atoms with van der Waals surface area (Å²) in [6.45, 7) is -0.550. The quantitative estimate of drug-likeness (QED) is 0.519.